The first-order valence-corrected chi connectivity index (χ1v) is 9.24. The number of hydrogen-bond acceptors (Lipinski definition) is 4. The number of carbonyl (C=O) groups is 1. The van der Waals surface area contributed by atoms with Crippen LogP contribution in [0.3, 0.4) is 0 Å². The number of amides is 1. The van der Waals surface area contributed by atoms with Crippen LogP contribution in [0.2, 0.25) is 0 Å². The van der Waals surface area contributed by atoms with Crippen LogP contribution in [0, 0.1) is 0 Å². The Balaban J connectivity index is 1.71. The number of nitrogens with zero attached hydrogens (tertiary/aromatic N) is 1. The van der Waals surface area contributed by atoms with Crippen LogP contribution in [-0.4, -0.2) is 36.2 Å². The summed E-state index contributed by atoms with van der Waals surface area (Å²) in [5, 5.41) is 2.05. The Labute approximate surface area is 147 Å². The van der Waals surface area contributed by atoms with Gasteiger partial charge < -0.3 is 14.4 Å². The predicted octanol–water partition coefficient (Wildman–Crippen LogP) is 3.72. The standard InChI is InChI=1S/C19H23NO3S/c1-15(23-17-6-3-2-4-7-17)19(21)20(14-18-8-5-13-24-18)16-9-11-22-12-10-16/h2-8,13,15-16H,9-12,14H2,1H3. The van der Waals surface area contributed by atoms with Crippen molar-refractivity contribution in [1.82, 2.24) is 4.90 Å². The van der Waals surface area contributed by atoms with E-state index in [2.05, 4.69) is 6.07 Å². The van der Waals surface area contributed by atoms with E-state index >= 15 is 0 Å². The third kappa shape index (κ3) is 4.36. The Morgan fingerprint density at radius 1 is 1.25 bits per heavy atom. The van der Waals surface area contributed by atoms with Crippen molar-refractivity contribution in [2.24, 2.45) is 0 Å². The average Bonchev–Trinajstić information content (AvgIpc) is 3.14. The first kappa shape index (κ1) is 17.0. The fourth-order valence-corrected chi connectivity index (χ4v) is 3.64. The normalized spacial score (nSPS) is 16.5. The summed E-state index contributed by atoms with van der Waals surface area (Å²) in [6.07, 6.45) is 1.26. The zero-order chi connectivity index (χ0) is 16.8. The highest BCUT2D eigenvalue weighted by molar-refractivity contribution is 7.09. The van der Waals surface area contributed by atoms with Gasteiger partial charge in [0, 0.05) is 24.1 Å². The van der Waals surface area contributed by atoms with E-state index in [0.29, 0.717) is 19.8 Å². The molecule has 1 amide bonds. The summed E-state index contributed by atoms with van der Waals surface area (Å²) in [5.74, 6) is 0.764. The maximum absolute atomic E-state index is 13.0. The Hall–Kier alpha value is -1.85. The highest BCUT2D eigenvalue weighted by Crippen LogP contribution is 2.22. The van der Waals surface area contributed by atoms with Crippen molar-refractivity contribution in [3.63, 3.8) is 0 Å². The molecule has 1 unspecified atom stereocenters. The van der Waals surface area contributed by atoms with Crippen LogP contribution in [-0.2, 0) is 16.1 Å². The van der Waals surface area contributed by atoms with Gasteiger partial charge in [-0.3, -0.25) is 4.79 Å². The molecule has 2 heterocycles. The van der Waals surface area contributed by atoms with Gasteiger partial charge in [0.25, 0.3) is 5.91 Å². The first-order valence-electron chi connectivity index (χ1n) is 8.36. The largest absolute Gasteiger partial charge is 0.481 e. The molecule has 0 radical (unpaired) electrons. The molecule has 0 bridgehead atoms. The highest BCUT2D eigenvalue weighted by atomic mass is 32.1. The summed E-state index contributed by atoms with van der Waals surface area (Å²) in [5.41, 5.74) is 0. The quantitative estimate of drug-likeness (QED) is 0.801. The van der Waals surface area contributed by atoms with Crippen molar-refractivity contribution in [2.75, 3.05) is 13.2 Å². The lowest BCUT2D eigenvalue weighted by molar-refractivity contribution is -0.143. The minimum absolute atomic E-state index is 0.0409. The number of benzene rings is 1. The average molecular weight is 345 g/mol. The van der Waals surface area contributed by atoms with Gasteiger partial charge in [-0.1, -0.05) is 24.3 Å². The van der Waals surface area contributed by atoms with Crippen LogP contribution in [0.15, 0.2) is 47.8 Å². The molecule has 5 heteroatoms. The number of thiophene rings is 1. The third-order valence-electron chi connectivity index (χ3n) is 4.22. The second kappa shape index (κ2) is 8.31. The molecule has 24 heavy (non-hydrogen) atoms. The van der Waals surface area contributed by atoms with Crippen molar-refractivity contribution < 1.29 is 14.3 Å². The zero-order valence-electron chi connectivity index (χ0n) is 13.9. The molecule has 0 N–H and O–H groups in total. The van der Waals surface area contributed by atoms with Crippen LogP contribution in [0.4, 0.5) is 0 Å². The Morgan fingerprint density at radius 2 is 2.00 bits per heavy atom. The molecule has 1 atom stereocenters. The van der Waals surface area contributed by atoms with Crippen LogP contribution >= 0.6 is 11.3 Å². The molecule has 0 spiro atoms. The van der Waals surface area contributed by atoms with E-state index in [1.807, 2.05) is 53.6 Å². The molecule has 1 aliphatic heterocycles. The molecule has 128 valence electrons. The van der Waals surface area contributed by atoms with Gasteiger partial charge in [-0.2, -0.15) is 0 Å². The number of carbonyl (C=O) groups excluding carboxylic acids is 1. The molecule has 2 aromatic rings. The molecule has 3 rings (SSSR count). The zero-order valence-corrected chi connectivity index (χ0v) is 14.7. The Bertz CT molecular complexity index is 623. The molecule has 4 nitrogen and oxygen atoms in total. The van der Waals surface area contributed by atoms with E-state index < -0.39 is 6.10 Å². The topological polar surface area (TPSA) is 38.8 Å². The molecule has 0 aliphatic carbocycles. The minimum atomic E-state index is -0.504. The fourth-order valence-electron chi connectivity index (χ4n) is 2.94. The summed E-state index contributed by atoms with van der Waals surface area (Å²) in [6, 6.07) is 13.8. The maximum Gasteiger partial charge on any atom is 0.263 e. The van der Waals surface area contributed by atoms with Crippen LogP contribution < -0.4 is 4.74 Å². The van der Waals surface area contributed by atoms with Gasteiger partial charge in [0.15, 0.2) is 6.10 Å². The first-order chi connectivity index (χ1) is 11.7. The molecular weight excluding hydrogens is 322 g/mol. The lowest BCUT2D eigenvalue weighted by Gasteiger charge is -2.35. The Morgan fingerprint density at radius 3 is 2.67 bits per heavy atom. The summed E-state index contributed by atoms with van der Waals surface area (Å²) in [6.45, 7) is 3.90. The van der Waals surface area contributed by atoms with Crippen LogP contribution in [0.25, 0.3) is 0 Å². The summed E-state index contributed by atoms with van der Waals surface area (Å²) in [7, 11) is 0. The van der Waals surface area contributed by atoms with E-state index in [9.17, 15) is 4.79 Å². The van der Waals surface area contributed by atoms with Crippen LogP contribution in [0.1, 0.15) is 24.6 Å². The Kier molecular flexibility index (Phi) is 5.88. The van der Waals surface area contributed by atoms with Crippen molar-refractivity contribution in [3.05, 3.63) is 52.7 Å². The fraction of sp³-hybridized carbons (Fsp3) is 0.421. The van der Waals surface area contributed by atoms with Crippen molar-refractivity contribution in [3.8, 4) is 5.75 Å². The smallest absolute Gasteiger partial charge is 0.263 e. The van der Waals surface area contributed by atoms with Gasteiger partial charge in [-0.25, -0.2) is 0 Å². The van der Waals surface area contributed by atoms with Gasteiger partial charge in [0.1, 0.15) is 5.75 Å². The molecule has 1 aliphatic rings. The number of ether oxygens (including phenoxy) is 2. The summed E-state index contributed by atoms with van der Waals surface area (Å²) < 4.78 is 11.3. The van der Waals surface area contributed by atoms with Gasteiger partial charge in [0.05, 0.1) is 6.54 Å². The second-order valence-corrected chi connectivity index (χ2v) is 6.99. The van der Waals surface area contributed by atoms with E-state index in [4.69, 9.17) is 9.47 Å². The van der Waals surface area contributed by atoms with E-state index in [-0.39, 0.29) is 11.9 Å². The summed E-state index contributed by atoms with van der Waals surface area (Å²) in [4.78, 5) is 16.2. The number of hydrogen-bond donors (Lipinski definition) is 0. The van der Waals surface area contributed by atoms with Crippen molar-refractivity contribution in [1.29, 1.82) is 0 Å². The SMILES string of the molecule is CC(Oc1ccccc1)C(=O)N(Cc1cccs1)C1CCOCC1. The molecule has 1 saturated heterocycles. The lowest BCUT2D eigenvalue weighted by Crippen LogP contribution is -2.47. The number of rotatable bonds is 6. The van der Waals surface area contributed by atoms with Crippen LogP contribution in [0.5, 0.6) is 5.75 Å². The van der Waals surface area contributed by atoms with Gasteiger partial charge in [0.2, 0.25) is 0 Å². The molecule has 0 saturated carbocycles. The summed E-state index contributed by atoms with van der Waals surface area (Å²) >= 11 is 1.68. The van der Waals surface area contributed by atoms with Gasteiger partial charge in [-0.05, 0) is 43.3 Å². The van der Waals surface area contributed by atoms with E-state index in [1.54, 1.807) is 11.3 Å². The monoisotopic (exact) mass is 345 g/mol. The van der Waals surface area contributed by atoms with Gasteiger partial charge >= 0.3 is 0 Å². The molecule has 1 fully saturated rings. The van der Waals surface area contributed by atoms with Crippen molar-refractivity contribution in [2.45, 2.75) is 38.5 Å². The van der Waals surface area contributed by atoms with Crippen molar-refractivity contribution >= 4 is 17.2 Å². The predicted molar refractivity (Wildman–Crippen MR) is 95.2 cm³/mol. The molecule has 1 aromatic heterocycles. The van der Waals surface area contributed by atoms with E-state index in [1.165, 1.54) is 4.88 Å². The molecular formula is C19H23NO3S. The number of para-hydroxylation sites is 1. The highest BCUT2D eigenvalue weighted by Gasteiger charge is 2.30. The maximum atomic E-state index is 13.0. The molecule has 1 aromatic carbocycles. The van der Waals surface area contributed by atoms with Gasteiger partial charge in [-0.15, -0.1) is 11.3 Å². The third-order valence-corrected chi connectivity index (χ3v) is 5.09. The van der Waals surface area contributed by atoms with E-state index in [0.717, 1.165) is 18.6 Å². The second-order valence-electron chi connectivity index (χ2n) is 5.96. The minimum Gasteiger partial charge on any atom is -0.481 e. The lowest BCUT2D eigenvalue weighted by atomic mass is 10.1.